The highest BCUT2D eigenvalue weighted by molar-refractivity contribution is 5.97. The molecule has 0 unspecified atom stereocenters. The molecule has 0 bridgehead atoms. The molecule has 0 radical (unpaired) electrons. The van der Waals surface area contributed by atoms with Gasteiger partial charge in [-0.05, 0) is 38.6 Å². The van der Waals surface area contributed by atoms with Crippen molar-refractivity contribution < 1.29 is 9.59 Å². The maximum atomic E-state index is 12.1. The molecule has 1 aromatic carbocycles. The number of nitrogens with one attached hydrogen (secondary N) is 2. The summed E-state index contributed by atoms with van der Waals surface area (Å²) < 4.78 is 0. The second-order valence-corrected chi connectivity index (χ2v) is 5.40. The van der Waals surface area contributed by atoms with Crippen molar-refractivity contribution >= 4 is 17.5 Å². The van der Waals surface area contributed by atoms with E-state index in [4.69, 9.17) is 0 Å². The van der Waals surface area contributed by atoms with E-state index in [1.54, 1.807) is 19.0 Å². The summed E-state index contributed by atoms with van der Waals surface area (Å²) in [4.78, 5) is 24.9. The molecule has 0 fully saturated rings. The third kappa shape index (κ3) is 4.35. The Hall–Kier alpha value is -1.88. The molecule has 2 amide bonds. The molecule has 0 aliphatic carbocycles. The highest BCUT2D eigenvalue weighted by Gasteiger charge is 2.25. The lowest BCUT2D eigenvalue weighted by atomic mass is 10.0. The number of hydrogen-bond donors (Lipinski definition) is 2. The van der Waals surface area contributed by atoms with E-state index in [9.17, 15) is 9.59 Å². The summed E-state index contributed by atoms with van der Waals surface area (Å²) >= 11 is 0. The van der Waals surface area contributed by atoms with Gasteiger partial charge in [-0.25, -0.2) is 0 Å². The zero-order valence-electron chi connectivity index (χ0n) is 12.8. The van der Waals surface area contributed by atoms with Gasteiger partial charge in [-0.3, -0.25) is 9.59 Å². The first-order valence-electron chi connectivity index (χ1n) is 6.57. The van der Waals surface area contributed by atoms with E-state index in [0.717, 1.165) is 11.3 Å². The summed E-state index contributed by atoms with van der Waals surface area (Å²) in [5, 5.41) is 5.83. The van der Waals surface area contributed by atoms with E-state index in [1.165, 1.54) is 6.92 Å². The largest absolute Gasteiger partial charge is 0.342 e. The van der Waals surface area contributed by atoms with Gasteiger partial charge in [-0.1, -0.05) is 12.1 Å². The van der Waals surface area contributed by atoms with E-state index >= 15 is 0 Å². The minimum atomic E-state index is -0.633. The van der Waals surface area contributed by atoms with Gasteiger partial charge in [0.25, 0.3) is 0 Å². The molecule has 0 aliphatic heterocycles. The number of anilines is 1. The Morgan fingerprint density at radius 1 is 1.30 bits per heavy atom. The lowest BCUT2D eigenvalue weighted by Gasteiger charge is -2.23. The summed E-state index contributed by atoms with van der Waals surface area (Å²) in [6.07, 6.45) is 0. The van der Waals surface area contributed by atoms with Crippen LogP contribution in [0.1, 0.15) is 26.3 Å². The second kappa shape index (κ2) is 6.52. The third-order valence-corrected chi connectivity index (χ3v) is 3.33. The second-order valence-electron chi connectivity index (χ2n) is 5.40. The first-order chi connectivity index (χ1) is 9.26. The molecule has 0 spiro atoms. The van der Waals surface area contributed by atoms with Gasteiger partial charge < -0.3 is 15.5 Å². The number of nitrogens with zero attached hydrogens (tertiary/aromatic N) is 1. The number of hydrogen-bond acceptors (Lipinski definition) is 3. The van der Waals surface area contributed by atoms with Gasteiger partial charge in [0.2, 0.25) is 11.8 Å². The topological polar surface area (TPSA) is 61.4 Å². The smallest absolute Gasteiger partial charge is 0.244 e. The van der Waals surface area contributed by atoms with Crippen LogP contribution in [0.25, 0.3) is 0 Å². The summed E-state index contributed by atoms with van der Waals surface area (Å²) in [7, 11) is 3.50. The monoisotopic (exact) mass is 277 g/mol. The fourth-order valence-corrected chi connectivity index (χ4v) is 1.53. The fraction of sp³-hybridized carbons (Fsp3) is 0.467. The molecule has 0 heterocycles. The Morgan fingerprint density at radius 2 is 1.95 bits per heavy atom. The van der Waals surface area contributed by atoms with E-state index in [-0.39, 0.29) is 11.8 Å². The lowest BCUT2D eigenvalue weighted by molar-refractivity contribution is -0.128. The van der Waals surface area contributed by atoms with Crippen LogP contribution in [0, 0.1) is 0 Å². The predicted octanol–water partition coefficient (Wildman–Crippen LogP) is 1.60. The predicted molar refractivity (Wildman–Crippen MR) is 80.4 cm³/mol. The molecule has 2 N–H and O–H groups in total. The molecule has 5 heteroatoms. The zero-order valence-corrected chi connectivity index (χ0v) is 12.8. The van der Waals surface area contributed by atoms with Crippen molar-refractivity contribution in [3.8, 4) is 0 Å². The minimum absolute atomic E-state index is 0.00996. The quantitative estimate of drug-likeness (QED) is 0.859. The first-order valence-corrected chi connectivity index (χ1v) is 6.57. The van der Waals surface area contributed by atoms with Crippen molar-refractivity contribution in [2.45, 2.75) is 32.9 Å². The van der Waals surface area contributed by atoms with Gasteiger partial charge >= 0.3 is 0 Å². The lowest BCUT2D eigenvalue weighted by Crippen LogP contribution is -2.47. The van der Waals surface area contributed by atoms with Crippen LogP contribution < -0.4 is 10.6 Å². The van der Waals surface area contributed by atoms with Gasteiger partial charge in [0, 0.05) is 26.2 Å². The van der Waals surface area contributed by atoms with Gasteiger partial charge in [0.1, 0.15) is 0 Å². The van der Waals surface area contributed by atoms with Crippen LogP contribution in [0.3, 0.4) is 0 Å². The Bertz CT molecular complexity index is 498. The Labute approximate surface area is 120 Å². The van der Waals surface area contributed by atoms with Crippen molar-refractivity contribution in [2.75, 3.05) is 19.4 Å². The molecular formula is C15H23N3O2. The molecule has 20 heavy (non-hydrogen) atoms. The van der Waals surface area contributed by atoms with E-state index in [0.29, 0.717) is 6.54 Å². The van der Waals surface area contributed by atoms with E-state index < -0.39 is 5.54 Å². The van der Waals surface area contributed by atoms with E-state index in [2.05, 4.69) is 10.6 Å². The molecule has 0 saturated carbocycles. The van der Waals surface area contributed by atoms with Crippen LogP contribution in [0.15, 0.2) is 24.3 Å². The van der Waals surface area contributed by atoms with Gasteiger partial charge in [0.05, 0.1) is 5.54 Å². The van der Waals surface area contributed by atoms with E-state index in [1.807, 2.05) is 38.1 Å². The summed E-state index contributed by atoms with van der Waals surface area (Å²) in [5.41, 5.74) is 1.07. The normalized spacial score (nSPS) is 11.1. The minimum Gasteiger partial charge on any atom is -0.342 e. The number of carbonyl (C=O) groups is 2. The summed E-state index contributed by atoms with van der Waals surface area (Å²) in [5.74, 6) is -0.0900. The van der Waals surface area contributed by atoms with Crippen LogP contribution in [-0.4, -0.2) is 36.3 Å². The van der Waals surface area contributed by atoms with Gasteiger partial charge in [-0.15, -0.1) is 0 Å². The average molecular weight is 277 g/mol. The van der Waals surface area contributed by atoms with Crippen molar-refractivity contribution in [1.29, 1.82) is 0 Å². The zero-order chi connectivity index (χ0) is 15.3. The number of rotatable bonds is 5. The number of likely N-dealkylation sites (N-methyl/N-ethyl adjacent to an activating group) is 1. The van der Waals surface area contributed by atoms with Crippen LogP contribution in [-0.2, 0) is 16.1 Å². The average Bonchev–Trinajstić information content (AvgIpc) is 2.38. The highest BCUT2D eigenvalue weighted by Crippen LogP contribution is 2.14. The molecule has 0 atom stereocenters. The van der Waals surface area contributed by atoms with Crippen molar-refractivity contribution in [3.63, 3.8) is 0 Å². The number of benzene rings is 1. The molecule has 0 saturated heterocycles. The maximum Gasteiger partial charge on any atom is 0.244 e. The van der Waals surface area contributed by atoms with Gasteiger partial charge in [-0.2, -0.15) is 0 Å². The Kier molecular flexibility index (Phi) is 5.27. The van der Waals surface area contributed by atoms with Crippen LogP contribution in [0.2, 0.25) is 0 Å². The maximum absolute atomic E-state index is 12.1. The highest BCUT2D eigenvalue weighted by atomic mass is 16.2. The fourth-order valence-electron chi connectivity index (χ4n) is 1.53. The molecule has 110 valence electrons. The number of carbonyl (C=O) groups excluding carboxylic acids is 2. The Balaban J connectivity index is 2.79. The first kappa shape index (κ1) is 16.2. The van der Waals surface area contributed by atoms with Crippen molar-refractivity contribution in [3.05, 3.63) is 29.8 Å². The number of amides is 2. The SMILES string of the molecule is CNC(C)(C)C(=O)Nc1cccc(CN(C)C(C)=O)c1. The molecule has 0 aromatic heterocycles. The standard InChI is InChI=1S/C15H23N3O2/c1-11(19)18(5)10-12-7-6-8-13(9-12)17-14(20)15(2,3)16-4/h6-9,16H,10H2,1-5H3,(H,17,20). The third-order valence-electron chi connectivity index (χ3n) is 3.33. The van der Waals surface area contributed by atoms with Gasteiger partial charge in [0.15, 0.2) is 0 Å². The molecule has 1 rings (SSSR count). The molecular weight excluding hydrogens is 254 g/mol. The Morgan fingerprint density at radius 3 is 2.50 bits per heavy atom. The van der Waals surface area contributed by atoms with Crippen molar-refractivity contribution in [2.24, 2.45) is 0 Å². The molecule has 1 aromatic rings. The molecule has 5 nitrogen and oxygen atoms in total. The van der Waals surface area contributed by atoms with Crippen LogP contribution in [0.4, 0.5) is 5.69 Å². The van der Waals surface area contributed by atoms with Crippen molar-refractivity contribution in [1.82, 2.24) is 10.2 Å². The molecule has 0 aliphatic rings. The summed E-state index contributed by atoms with van der Waals surface area (Å²) in [6, 6.07) is 7.51. The van der Waals surface area contributed by atoms with Crippen LogP contribution in [0.5, 0.6) is 0 Å². The summed E-state index contributed by atoms with van der Waals surface area (Å²) in [6.45, 7) is 5.68. The van der Waals surface area contributed by atoms with Crippen LogP contribution >= 0.6 is 0 Å².